The largest absolute Gasteiger partial charge is 0.508 e. The number of aromatic nitrogens is 1. The Kier molecular flexibility index (Phi) is 5.82. The lowest BCUT2D eigenvalue weighted by Gasteiger charge is -2.11. The predicted molar refractivity (Wildman–Crippen MR) is 92.4 cm³/mol. The number of pyridine rings is 1. The normalized spacial score (nSPS) is 9.57. The number of phenols is 1. The van der Waals surface area contributed by atoms with Gasteiger partial charge in [-0.15, -0.1) is 24.8 Å². The van der Waals surface area contributed by atoms with E-state index in [1.807, 2.05) is 49.4 Å². The third kappa shape index (κ3) is 3.78. The Labute approximate surface area is 135 Å². The molecule has 0 aliphatic carbocycles. The highest BCUT2D eigenvalue weighted by Crippen LogP contribution is 2.27. The van der Waals surface area contributed by atoms with Crippen LogP contribution in [0.2, 0.25) is 0 Å². The zero-order valence-corrected chi connectivity index (χ0v) is 13.0. The Morgan fingerprint density at radius 1 is 0.952 bits per heavy atom. The van der Waals surface area contributed by atoms with Crippen molar-refractivity contribution in [1.29, 1.82) is 0 Å². The molecule has 1 aromatic heterocycles. The highest BCUT2D eigenvalue weighted by molar-refractivity contribution is 5.93. The molecule has 0 saturated carbocycles. The van der Waals surface area contributed by atoms with E-state index in [4.69, 9.17) is 0 Å². The number of hydrogen-bond donors (Lipinski definition) is 2. The van der Waals surface area contributed by atoms with Gasteiger partial charge in [0.1, 0.15) is 5.75 Å². The minimum absolute atomic E-state index is 0. The monoisotopic (exact) mass is 322 g/mol. The first kappa shape index (κ1) is 17.1. The summed E-state index contributed by atoms with van der Waals surface area (Å²) < 4.78 is 0. The quantitative estimate of drug-likeness (QED) is 0.709. The maximum absolute atomic E-state index is 9.51. The van der Waals surface area contributed by atoms with Crippen LogP contribution in [0.25, 0.3) is 10.9 Å². The van der Waals surface area contributed by atoms with Gasteiger partial charge in [0.15, 0.2) is 0 Å². The molecular formula is C16H16Cl2N2O. The van der Waals surface area contributed by atoms with E-state index in [9.17, 15) is 5.11 Å². The van der Waals surface area contributed by atoms with Crippen LogP contribution >= 0.6 is 24.8 Å². The molecule has 3 aromatic rings. The smallest absolute Gasteiger partial charge is 0.117 e. The third-order valence-electron chi connectivity index (χ3n) is 2.97. The molecule has 0 unspecified atom stereocenters. The van der Waals surface area contributed by atoms with E-state index in [-0.39, 0.29) is 30.6 Å². The first-order valence-corrected chi connectivity index (χ1v) is 6.15. The molecule has 21 heavy (non-hydrogen) atoms. The van der Waals surface area contributed by atoms with Gasteiger partial charge in [0.2, 0.25) is 0 Å². The van der Waals surface area contributed by atoms with E-state index in [1.165, 1.54) is 0 Å². The summed E-state index contributed by atoms with van der Waals surface area (Å²) in [5.74, 6) is 0.250. The molecule has 2 N–H and O–H groups in total. The van der Waals surface area contributed by atoms with Gasteiger partial charge in [-0.2, -0.15) is 0 Å². The Bertz CT molecular complexity index is 747. The average Bonchev–Trinajstić information content (AvgIpc) is 2.38. The van der Waals surface area contributed by atoms with Gasteiger partial charge in [-0.1, -0.05) is 24.3 Å². The molecule has 0 saturated heterocycles. The van der Waals surface area contributed by atoms with Crippen molar-refractivity contribution in [2.45, 2.75) is 6.92 Å². The predicted octanol–water partition coefficient (Wildman–Crippen LogP) is 4.84. The molecule has 0 aliphatic rings. The molecule has 5 heteroatoms. The fourth-order valence-corrected chi connectivity index (χ4v) is 2.15. The van der Waals surface area contributed by atoms with Crippen LogP contribution in [0.1, 0.15) is 5.69 Å². The Hall–Kier alpha value is -1.97. The van der Waals surface area contributed by atoms with Crippen molar-refractivity contribution in [3.05, 3.63) is 60.3 Å². The van der Waals surface area contributed by atoms with E-state index in [0.29, 0.717) is 0 Å². The minimum atomic E-state index is 0. The Morgan fingerprint density at radius 3 is 2.48 bits per heavy atom. The summed E-state index contributed by atoms with van der Waals surface area (Å²) >= 11 is 0. The van der Waals surface area contributed by atoms with Gasteiger partial charge >= 0.3 is 0 Å². The van der Waals surface area contributed by atoms with Crippen LogP contribution in [-0.4, -0.2) is 10.1 Å². The number of phenolic OH excluding ortho intramolecular Hbond substituents is 1. The molecule has 0 atom stereocenters. The van der Waals surface area contributed by atoms with Crippen LogP contribution in [-0.2, 0) is 0 Å². The first-order chi connectivity index (χ1) is 9.22. The zero-order valence-electron chi connectivity index (χ0n) is 11.4. The van der Waals surface area contributed by atoms with Gasteiger partial charge in [-0.3, -0.25) is 4.98 Å². The molecule has 0 bridgehead atoms. The van der Waals surface area contributed by atoms with Crippen LogP contribution in [0.3, 0.4) is 0 Å². The number of nitrogens with zero attached hydrogens (tertiary/aromatic N) is 1. The van der Waals surface area contributed by atoms with Crippen molar-refractivity contribution in [3.8, 4) is 5.75 Å². The van der Waals surface area contributed by atoms with E-state index < -0.39 is 0 Å². The summed E-state index contributed by atoms with van der Waals surface area (Å²) in [5.41, 5.74) is 3.77. The molecule has 3 rings (SSSR count). The van der Waals surface area contributed by atoms with Crippen LogP contribution in [0.15, 0.2) is 54.6 Å². The number of para-hydroxylation sites is 1. The number of rotatable bonds is 2. The number of nitrogens with one attached hydrogen (secondary N) is 1. The maximum Gasteiger partial charge on any atom is 0.117 e. The minimum Gasteiger partial charge on any atom is -0.508 e. The van der Waals surface area contributed by atoms with E-state index >= 15 is 0 Å². The second-order valence-electron chi connectivity index (χ2n) is 4.50. The van der Waals surface area contributed by atoms with Gasteiger partial charge < -0.3 is 10.4 Å². The average molecular weight is 323 g/mol. The number of aromatic hydroxyl groups is 1. The number of anilines is 2. The number of aryl methyl sites for hydroxylation is 1. The van der Waals surface area contributed by atoms with E-state index in [1.54, 1.807) is 12.1 Å². The van der Waals surface area contributed by atoms with Crippen molar-refractivity contribution < 1.29 is 5.11 Å². The van der Waals surface area contributed by atoms with Crippen LogP contribution in [0, 0.1) is 6.92 Å². The zero-order chi connectivity index (χ0) is 13.2. The van der Waals surface area contributed by atoms with Crippen molar-refractivity contribution in [1.82, 2.24) is 4.98 Å². The maximum atomic E-state index is 9.51. The molecule has 110 valence electrons. The second kappa shape index (κ2) is 7.16. The highest BCUT2D eigenvalue weighted by atomic mass is 35.5. The van der Waals surface area contributed by atoms with Gasteiger partial charge in [0.25, 0.3) is 0 Å². The van der Waals surface area contributed by atoms with E-state index in [0.717, 1.165) is 28.0 Å². The molecule has 2 aromatic carbocycles. The molecule has 3 nitrogen and oxygen atoms in total. The summed E-state index contributed by atoms with van der Waals surface area (Å²) in [4.78, 5) is 4.51. The lowest BCUT2D eigenvalue weighted by Crippen LogP contribution is -1.94. The molecule has 0 aliphatic heterocycles. The number of benzene rings is 2. The van der Waals surface area contributed by atoms with Crippen LogP contribution in [0.5, 0.6) is 5.75 Å². The van der Waals surface area contributed by atoms with Crippen molar-refractivity contribution in [2.24, 2.45) is 0 Å². The lowest BCUT2D eigenvalue weighted by molar-refractivity contribution is 0.475. The van der Waals surface area contributed by atoms with Gasteiger partial charge in [-0.25, -0.2) is 0 Å². The SMILES string of the molecule is Cc1cc(Nc2cccc(O)c2)c2ccccc2n1.Cl.Cl. The molecule has 0 spiro atoms. The molecule has 0 fully saturated rings. The molecule has 0 radical (unpaired) electrons. The molecule has 1 heterocycles. The van der Waals surface area contributed by atoms with Crippen LogP contribution in [0.4, 0.5) is 11.4 Å². The topological polar surface area (TPSA) is 45.1 Å². The third-order valence-corrected chi connectivity index (χ3v) is 2.97. The standard InChI is InChI=1S/C16H14N2O.2ClH/c1-11-9-16(14-7-2-3-8-15(14)17-11)18-12-5-4-6-13(19)10-12;;/h2-10,19H,1H3,(H,17,18);2*1H. The van der Waals surface area contributed by atoms with Crippen molar-refractivity contribution >= 4 is 47.1 Å². The lowest BCUT2D eigenvalue weighted by atomic mass is 10.1. The fraction of sp³-hybridized carbons (Fsp3) is 0.0625. The second-order valence-corrected chi connectivity index (χ2v) is 4.50. The van der Waals surface area contributed by atoms with Gasteiger partial charge in [-0.05, 0) is 31.2 Å². The number of hydrogen-bond acceptors (Lipinski definition) is 3. The first-order valence-electron chi connectivity index (χ1n) is 6.15. The molecule has 0 amide bonds. The summed E-state index contributed by atoms with van der Waals surface area (Å²) in [6.07, 6.45) is 0. The molecular weight excluding hydrogens is 307 g/mol. The summed E-state index contributed by atoms with van der Waals surface area (Å²) in [6, 6.07) is 17.1. The highest BCUT2D eigenvalue weighted by Gasteiger charge is 2.04. The Balaban J connectivity index is 0.00000110. The summed E-state index contributed by atoms with van der Waals surface area (Å²) in [7, 11) is 0. The van der Waals surface area contributed by atoms with E-state index in [2.05, 4.69) is 10.3 Å². The van der Waals surface area contributed by atoms with Crippen molar-refractivity contribution in [2.75, 3.05) is 5.32 Å². The number of fused-ring (bicyclic) bond motifs is 1. The Morgan fingerprint density at radius 2 is 1.71 bits per heavy atom. The van der Waals surface area contributed by atoms with Gasteiger partial charge in [0, 0.05) is 28.5 Å². The summed E-state index contributed by atoms with van der Waals surface area (Å²) in [6.45, 7) is 1.97. The summed E-state index contributed by atoms with van der Waals surface area (Å²) in [5, 5.41) is 13.9. The van der Waals surface area contributed by atoms with Gasteiger partial charge in [0.05, 0.1) is 5.52 Å². The van der Waals surface area contributed by atoms with Crippen molar-refractivity contribution in [3.63, 3.8) is 0 Å². The number of halogens is 2. The van der Waals surface area contributed by atoms with Crippen LogP contribution < -0.4 is 5.32 Å². The fourth-order valence-electron chi connectivity index (χ4n) is 2.15.